The zero-order valence-electron chi connectivity index (χ0n) is 20.3. The maximum Gasteiger partial charge on any atom is 0.267 e. The van der Waals surface area contributed by atoms with Crippen molar-refractivity contribution in [2.24, 2.45) is 0 Å². The smallest absolute Gasteiger partial charge is 0.267 e. The Balaban J connectivity index is 1.66. The number of rotatable bonds is 6. The molecule has 5 aromatic rings. The first-order valence-corrected chi connectivity index (χ1v) is 13.7. The first-order valence-electron chi connectivity index (χ1n) is 11.4. The zero-order chi connectivity index (χ0) is 27.0. The zero-order valence-corrected chi connectivity index (χ0v) is 21.9. The van der Waals surface area contributed by atoms with E-state index in [-0.39, 0.29) is 16.4 Å². The summed E-state index contributed by atoms with van der Waals surface area (Å²) in [5, 5.41) is 3.89. The van der Waals surface area contributed by atoms with Gasteiger partial charge in [-0.25, -0.2) is 18.4 Å². The van der Waals surface area contributed by atoms with E-state index in [4.69, 9.17) is 22.3 Å². The van der Waals surface area contributed by atoms with Crippen LogP contribution in [-0.4, -0.2) is 39.2 Å². The number of nitrogens with one attached hydrogen (secondary N) is 1. The summed E-state index contributed by atoms with van der Waals surface area (Å²) < 4.78 is 25.7. The molecule has 0 aliphatic rings. The van der Waals surface area contributed by atoms with E-state index in [1.54, 1.807) is 30.3 Å². The molecular weight excluding hydrogens is 526 g/mol. The van der Waals surface area contributed by atoms with Crippen molar-refractivity contribution < 1.29 is 8.42 Å². The fourth-order valence-corrected chi connectivity index (χ4v) is 4.92. The van der Waals surface area contributed by atoms with Crippen molar-refractivity contribution in [3.63, 3.8) is 0 Å². The standard InChI is InChI=1S/C26H22ClN7O3S/c1-15(31-23-19(14-30-26(28)33-23)16-11-18(13-29-12-16)38(2,36)37)24-32-21-10-6-9-20(27)22(21)25(35)34(24)17-7-4-3-5-8-17/h3-15H,1-2H3,(H3,28,30,31,33)/t15-/m0/s1. The van der Waals surface area contributed by atoms with Gasteiger partial charge in [0, 0.05) is 36.0 Å². The number of pyridine rings is 1. The van der Waals surface area contributed by atoms with Crippen LogP contribution < -0.4 is 16.6 Å². The number of hydrogen-bond acceptors (Lipinski definition) is 9. The van der Waals surface area contributed by atoms with Crippen molar-refractivity contribution in [1.82, 2.24) is 24.5 Å². The van der Waals surface area contributed by atoms with Gasteiger partial charge in [0.05, 0.1) is 32.6 Å². The van der Waals surface area contributed by atoms with Crippen molar-refractivity contribution in [1.29, 1.82) is 0 Å². The number of halogens is 1. The van der Waals surface area contributed by atoms with Crippen LogP contribution in [0.2, 0.25) is 5.02 Å². The van der Waals surface area contributed by atoms with E-state index in [0.29, 0.717) is 44.4 Å². The van der Waals surface area contributed by atoms with Crippen molar-refractivity contribution in [3.05, 3.63) is 94.4 Å². The summed E-state index contributed by atoms with van der Waals surface area (Å²) in [6.07, 6.45) is 5.37. The Morgan fingerprint density at radius 3 is 2.53 bits per heavy atom. The number of para-hydroxylation sites is 1. The number of nitrogens with two attached hydrogens (primary N) is 1. The van der Waals surface area contributed by atoms with E-state index in [9.17, 15) is 13.2 Å². The molecule has 0 fully saturated rings. The molecule has 0 unspecified atom stereocenters. The molecule has 3 N–H and O–H groups in total. The van der Waals surface area contributed by atoms with Crippen molar-refractivity contribution in [2.75, 3.05) is 17.3 Å². The lowest BCUT2D eigenvalue weighted by Crippen LogP contribution is -2.27. The fraction of sp³-hybridized carbons (Fsp3) is 0.115. The summed E-state index contributed by atoms with van der Waals surface area (Å²) in [5.41, 5.74) is 7.59. The Kier molecular flexibility index (Phi) is 6.55. The fourth-order valence-electron chi connectivity index (χ4n) is 4.08. The van der Waals surface area contributed by atoms with Crippen LogP contribution in [0.3, 0.4) is 0 Å². The summed E-state index contributed by atoms with van der Waals surface area (Å²) in [7, 11) is -3.49. The Hall–Kier alpha value is -4.35. The van der Waals surface area contributed by atoms with Crippen LogP contribution in [0.4, 0.5) is 11.8 Å². The number of nitrogen functional groups attached to an aromatic ring is 1. The largest absolute Gasteiger partial charge is 0.368 e. The van der Waals surface area contributed by atoms with Crippen molar-refractivity contribution in [3.8, 4) is 16.8 Å². The molecule has 10 nitrogen and oxygen atoms in total. The number of sulfone groups is 1. The molecule has 0 radical (unpaired) electrons. The third-order valence-electron chi connectivity index (χ3n) is 5.89. The number of fused-ring (bicyclic) bond motifs is 1. The quantitative estimate of drug-likeness (QED) is 0.321. The van der Waals surface area contributed by atoms with E-state index in [1.807, 2.05) is 25.1 Å². The summed E-state index contributed by atoms with van der Waals surface area (Å²) >= 11 is 6.39. The van der Waals surface area contributed by atoms with Gasteiger partial charge in [-0.2, -0.15) is 4.98 Å². The molecule has 5 rings (SSSR count). The highest BCUT2D eigenvalue weighted by molar-refractivity contribution is 7.90. The van der Waals surface area contributed by atoms with Crippen LogP contribution in [0.25, 0.3) is 27.7 Å². The van der Waals surface area contributed by atoms with E-state index in [2.05, 4.69) is 20.3 Å². The number of aromatic nitrogens is 5. The molecule has 3 heterocycles. The Labute approximate surface area is 223 Å². The number of nitrogens with zero attached hydrogens (tertiary/aromatic N) is 5. The van der Waals surface area contributed by atoms with Gasteiger partial charge in [0.2, 0.25) is 5.95 Å². The normalized spacial score (nSPS) is 12.4. The molecule has 0 aliphatic heterocycles. The second-order valence-corrected chi connectivity index (χ2v) is 11.0. The molecular formula is C26H22ClN7O3S. The molecule has 0 saturated heterocycles. The monoisotopic (exact) mass is 547 g/mol. The lowest BCUT2D eigenvalue weighted by atomic mass is 10.1. The molecule has 2 aromatic carbocycles. The highest BCUT2D eigenvalue weighted by Gasteiger charge is 2.21. The van der Waals surface area contributed by atoms with E-state index in [1.165, 1.54) is 29.2 Å². The molecule has 0 spiro atoms. The highest BCUT2D eigenvalue weighted by atomic mass is 35.5. The lowest BCUT2D eigenvalue weighted by Gasteiger charge is -2.21. The van der Waals surface area contributed by atoms with Gasteiger partial charge in [-0.05, 0) is 37.3 Å². The number of hydrogen-bond donors (Lipinski definition) is 2. The van der Waals surface area contributed by atoms with Gasteiger partial charge >= 0.3 is 0 Å². The predicted molar refractivity (Wildman–Crippen MR) is 147 cm³/mol. The molecule has 0 saturated carbocycles. The minimum Gasteiger partial charge on any atom is -0.368 e. The topological polar surface area (TPSA) is 146 Å². The third-order valence-corrected chi connectivity index (χ3v) is 7.28. The first kappa shape index (κ1) is 25.3. The number of benzene rings is 2. The summed E-state index contributed by atoms with van der Waals surface area (Å²) in [6.45, 7) is 1.82. The van der Waals surface area contributed by atoms with Gasteiger partial charge in [-0.15, -0.1) is 0 Å². The van der Waals surface area contributed by atoms with Gasteiger partial charge in [0.1, 0.15) is 11.6 Å². The molecule has 3 aromatic heterocycles. The SMILES string of the molecule is C[C@H](Nc1nc(N)ncc1-c1cncc(S(C)(=O)=O)c1)c1nc2cccc(Cl)c2c(=O)n1-c1ccccc1. The Bertz CT molecular complexity index is 1840. The summed E-state index contributed by atoms with van der Waals surface area (Å²) in [4.78, 5) is 31.0. The van der Waals surface area contributed by atoms with Gasteiger partial charge in [0.25, 0.3) is 5.56 Å². The highest BCUT2D eigenvalue weighted by Crippen LogP contribution is 2.31. The predicted octanol–water partition coefficient (Wildman–Crippen LogP) is 4.05. The van der Waals surface area contributed by atoms with Crippen LogP contribution in [0.15, 0.2) is 82.9 Å². The Morgan fingerprint density at radius 1 is 1.03 bits per heavy atom. The maximum atomic E-state index is 13.7. The average Bonchev–Trinajstić information content (AvgIpc) is 2.88. The van der Waals surface area contributed by atoms with Gasteiger partial charge in [-0.1, -0.05) is 35.9 Å². The third kappa shape index (κ3) is 4.81. The van der Waals surface area contributed by atoms with E-state index in [0.717, 1.165) is 6.26 Å². The molecule has 192 valence electrons. The van der Waals surface area contributed by atoms with Crippen LogP contribution in [-0.2, 0) is 9.84 Å². The maximum absolute atomic E-state index is 13.7. The van der Waals surface area contributed by atoms with Crippen LogP contribution in [0.5, 0.6) is 0 Å². The molecule has 0 bridgehead atoms. The minimum atomic E-state index is -3.49. The molecule has 12 heteroatoms. The lowest BCUT2D eigenvalue weighted by molar-refractivity contribution is 0.601. The van der Waals surface area contributed by atoms with Crippen molar-refractivity contribution >= 4 is 44.1 Å². The first-order chi connectivity index (χ1) is 18.1. The van der Waals surface area contributed by atoms with E-state index < -0.39 is 15.9 Å². The van der Waals surface area contributed by atoms with Crippen molar-refractivity contribution in [2.45, 2.75) is 17.9 Å². The van der Waals surface area contributed by atoms with Crippen LogP contribution >= 0.6 is 11.6 Å². The second-order valence-electron chi connectivity index (χ2n) is 8.62. The van der Waals surface area contributed by atoms with Gasteiger partial charge < -0.3 is 11.1 Å². The summed E-state index contributed by atoms with van der Waals surface area (Å²) in [5.74, 6) is 0.731. The molecule has 38 heavy (non-hydrogen) atoms. The van der Waals surface area contributed by atoms with E-state index >= 15 is 0 Å². The second kappa shape index (κ2) is 9.84. The molecule has 1 atom stereocenters. The Morgan fingerprint density at radius 2 is 1.79 bits per heavy atom. The van der Waals surface area contributed by atoms with Crippen LogP contribution in [0, 0.1) is 0 Å². The molecule has 0 amide bonds. The van der Waals surface area contributed by atoms with Gasteiger partial charge in [-0.3, -0.25) is 14.3 Å². The summed E-state index contributed by atoms with van der Waals surface area (Å²) in [6, 6.07) is 15.1. The minimum absolute atomic E-state index is 0.00868. The number of anilines is 2. The molecule has 0 aliphatic carbocycles. The van der Waals surface area contributed by atoms with Crippen LogP contribution in [0.1, 0.15) is 18.8 Å². The average molecular weight is 548 g/mol. The van der Waals surface area contributed by atoms with Gasteiger partial charge in [0.15, 0.2) is 9.84 Å².